The van der Waals surface area contributed by atoms with Gasteiger partial charge in [-0.25, -0.2) is 4.79 Å². The lowest BCUT2D eigenvalue weighted by atomic mass is 10.2. The predicted octanol–water partition coefficient (Wildman–Crippen LogP) is 4.81. The van der Waals surface area contributed by atoms with E-state index in [9.17, 15) is 18.0 Å². The molecule has 0 aromatic heterocycles. The van der Waals surface area contributed by atoms with E-state index in [1.54, 1.807) is 12.1 Å². The van der Waals surface area contributed by atoms with Gasteiger partial charge in [-0.15, -0.1) is 13.2 Å². The number of nitrogens with zero attached hydrogens (tertiary/aromatic N) is 1. The molecular formula is C20H21F3N2O4. The second-order valence-electron chi connectivity index (χ2n) is 6.72. The van der Waals surface area contributed by atoms with Gasteiger partial charge in [0.1, 0.15) is 5.75 Å². The summed E-state index contributed by atoms with van der Waals surface area (Å²) in [5, 5.41) is 2.49. The summed E-state index contributed by atoms with van der Waals surface area (Å²) in [6, 6.07) is 11.9. The first-order valence-corrected chi connectivity index (χ1v) is 9.03. The third kappa shape index (κ3) is 6.02. The summed E-state index contributed by atoms with van der Waals surface area (Å²) in [5.74, 6) is 0.000597. The number of rotatable bonds is 4. The van der Waals surface area contributed by atoms with E-state index in [2.05, 4.69) is 15.0 Å². The average Bonchev–Trinajstić information content (AvgIpc) is 2.62. The molecule has 1 heterocycles. The molecule has 0 unspecified atom stereocenters. The molecule has 1 saturated heterocycles. The fourth-order valence-corrected chi connectivity index (χ4v) is 3.16. The molecule has 1 aliphatic rings. The molecule has 9 heteroatoms. The zero-order valence-corrected chi connectivity index (χ0v) is 15.9. The van der Waals surface area contributed by atoms with Crippen LogP contribution in [0.2, 0.25) is 0 Å². The molecule has 0 radical (unpaired) electrons. The standard InChI is InChI=1S/C20H21F3N2O4/c1-13-11-25(12-14(2)27-13)17-5-3-4-6-18(17)28-19(26)24-15-7-9-16(10-8-15)29-20(21,22)23/h3-10,13-14H,11-12H2,1-2H3,(H,24,26)/t13-,14-/m0/s1. The van der Waals surface area contributed by atoms with E-state index in [1.807, 2.05) is 26.0 Å². The Kier molecular flexibility index (Phi) is 6.17. The fraction of sp³-hybridized carbons (Fsp3) is 0.350. The molecule has 0 aliphatic carbocycles. The van der Waals surface area contributed by atoms with Crippen LogP contribution in [-0.4, -0.2) is 37.8 Å². The summed E-state index contributed by atoms with van der Waals surface area (Å²) >= 11 is 0. The van der Waals surface area contributed by atoms with Gasteiger partial charge >= 0.3 is 12.5 Å². The summed E-state index contributed by atoms with van der Waals surface area (Å²) in [7, 11) is 0. The minimum Gasteiger partial charge on any atom is -0.408 e. The van der Waals surface area contributed by atoms with Crippen LogP contribution in [0.25, 0.3) is 0 Å². The summed E-state index contributed by atoms with van der Waals surface area (Å²) in [6.45, 7) is 5.27. The van der Waals surface area contributed by atoms with Crippen LogP contribution >= 0.6 is 0 Å². The number of alkyl halides is 3. The molecule has 0 bridgehead atoms. The fourth-order valence-electron chi connectivity index (χ4n) is 3.16. The molecule has 29 heavy (non-hydrogen) atoms. The summed E-state index contributed by atoms with van der Waals surface area (Å²) in [4.78, 5) is 14.4. The van der Waals surface area contributed by atoms with Crippen LogP contribution in [0.5, 0.6) is 11.5 Å². The van der Waals surface area contributed by atoms with Gasteiger partial charge in [0.15, 0.2) is 5.75 Å². The van der Waals surface area contributed by atoms with Crippen molar-refractivity contribution in [2.45, 2.75) is 32.4 Å². The Labute approximate surface area is 166 Å². The van der Waals surface area contributed by atoms with Crippen LogP contribution in [0.3, 0.4) is 0 Å². The minimum atomic E-state index is -4.77. The van der Waals surface area contributed by atoms with E-state index in [0.717, 1.165) is 17.8 Å². The van der Waals surface area contributed by atoms with E-state index < -0.39 is 12.5 Å². The zero-order valence-electron chi connectivity index (χ0n) is 15.9. The van der Waals surface area contributed by atoms with E-state index in [4.69, 9.17) is 9.47 Å². The van der Waals surface area contributed by atoms with Gasteiger partial charge in [0.05, 0.1) is 17.9 Å². The van der Waals surface area contributed by atoms with E-state index >= 15 is 0 Å². The van der Waals surface area contributed by atoms with E-state index in [-0.39, 0.29) is 23.6 Å². The predicted molar refractivity (Wildman–Crippen MR) is 101 cm³/mol. The van der Waals surface area contributed by atoms with Crippen LogP contribution in [0.4, 0.5) is 29.3 Å². The van der Waals surface area contributed by atoms with Gasteiger partial charge in [0.2, 0.25) is 0 Å². The number of anilines is 2. The number of nitrogens with one attached hydrogen (secondary N) is 1. The van der Waals surface area contributed by atoms with Crippen molar-refractivity contribution in [2.24, 2.45) is 0 Å². The molecule has 156 valence electrons. The lowest BCUT2D eigenvalue weighted by Crippen LogP contribution is -2.45. The number of hydrogen-bond acceptors (Lipinski definition) is 5. The molecule has 0 spiro atoms. The first-order chi connectivity index (χ1) is 13.7. The van der Waals surface area contributed by atoms with Crippen LogP contribution in [0.15, 0.2) is 48.5 Å². The van der Waals surface area contributed by atoms with Gasteiger partial charge in [-0.05, 0) is 50.2 Å². The zero-order chi connectivity index (χ0) is 21.0. The third-order valence-electron chi connectivity index (χ3n) is 4.16. The van der Waals surface area contributed by atoms with Crippen molar-refractivity contribution >= 4 is 17.5 Å². The van der Waals surface area contributed by atoms with Crippen LogP contribution in [-0.2, 0) is 4.74 Å². The van der Waals surface area contributed by atoms with Crippen molar-refractivity contribution in [3.05, 3.63) is 48.5 Å². The van der Waals surface area contributed by atoms with Crippen LogP contribution in [0.1, 0.15) is 13.8 Å². The summed E-state index contributed by atoms with van der Waals surface area (Å²) < 4.78 is 51.6. The topological polar surface area (TPSA) is 60.0 Å². The van der Waals surface area contributed by atoms with Crippen molar-refractivity contribution < 1.29 is 32.2 Å². The maximum absolute atomic E-state index is 12.3. The second-order valence-corrected chi connectivity index (χ2v) is 6.72. The molecule has 1 aliphatic heterocycles. The Hall–Kier alpha value is -2.94. The number of hydrogen-bond donors (Lipinski definition) is 1. The van der Waals surface area contributed by atoms with Gasteiger partial charge in [0.25, 0.3) is 0 Å². The molecule has 0 saturated carbocycles. The van der Waals surface area contributed by atoms with E-state index in [1.165, 1.54) is 12.1 Å². The maximum atomic E-state index is 12.3. The minimum absolute atomic E-state index is 0.0399. The van der Waals surface area contributed by atoms with Crippen molar-refractivity contribution in [3.8, 4) is 11.5 Å². The van der Waals surface area contributed by atoms with Gasteiger partial charge in [-0.2, -0.15) is 0 Å². The van der Waals surface area contributed by atoms with Crippen molar-refractivity contribution in [1.82, 2.24) is 0 Å². The van der Waals surface area contributed by atoms with Gasteiger partial charge < -0.3 is 19.1 Å². The lowest BCUT2D eigenvalue weighted by molar-refractivity contribution is -0.274. The van der Waals surface area contributed by atoms with Crippen LogP contribution in [0, 0.1) is 0 Å². The largest absolute Gasteiger partial charge is 0.573 e. The average molecular weight is 410 g/mol. The third-order valence-corrected chi connectivity index (χ3v) is 4.16. The first kappa shape index (κ1) is 20.8. The van der Waals surface area contributed by atoms with E-state index in [0.29, 0.717) is 18.8 Å². The summed E-state index contributed by atoms with van der Waals surface area (Å²) in [5.41, 5.74) is 1.04. The maximum Gasteiger partial charge on any atom is 0.573 e. The number of carbonyl (C=O) groups excluding carboxylic acids is 1. The lowest BCUT2D eigenvalue weighted by Gasteiger charge is -2.37. The highest BCUT2D eigenvalue weighted by Gasteiger charge is 2.31. The Bertz CT molecular complexity index is 832. The molecule has 1 fully saturated rings. The number of para-hydroxylation sites is 2. The van der Waals surface area contributed by atoms with Gasteiger partial charge in [0, 0.05) is 18.8 Å². The van der Waals surface area contributed by atoms with Crippen molar-refractivity contribution in [1.29, 1.82) is 0 Å². The molecule has 3 rings (SSSR count). The number of carbonyl (C=O) groups is 1. The van der Waals surface area contributed by atoms with Gasteiger partial charge in [-0.3, -0.25) is 5.32 Å². The Balaban J connectivity index is 1.65. The number of ether oxygens (including phenoxy) is 3. The Morgan fingerprint density at radius 3 is 2.31 bits per heavy atom. The highest BCUT2D eigenvalue weighted by molar-refractivity contribution is 5.87. The molecule has 2 aromatic rings. The highest BCUT2D eigenvalue weighted by Crippen LogP contribution is 2.31. The van der Waals surface area contributed by atoms with Crippen LogP contribution < -0.4 is 19.7 Å². The first-order valence-electron chi connectivity index (χ1n) is 9.03. The molecule has 2 atom stereocenters. The highest BCUT2D eigenvalue weighted by atomic mass is 19.4. The SMILES string of the molecule is C[C@H]1CN(c2ccccc2OC(=O)Nc2ccc(OC(F)(F)F)cc2)C[C@H](C)O1. The molecule has 6 nitrogen and oxygen atoms in total. The molecule has 1 amide bonds. The molecule has 2 aromatic carbocycles. The second kappa shape index (κ2) is 8.60. The quantitative estimate of drug-likeness (QED) is 0.784. The van der Waals surface area contributed by atoms with Crippen molar-refractivity contribution in [3.63, 3.8) is 0 Å². The Morgan fingerprint density at radius 2 is 1.69 bits per heavy atom. The number of halogens is 3. The van der Waals surface area contributed by atoms with Gasteiger partial charge in [-0.1, -0.05) is 12.1 Å². The Morgan fingerprint density at radius 1 is 1.07 bits per heavy atom. The molecule has 1 N–H and O–H groups in total. The van der Waals surface area contributed by atoms with Crippen molar-refractivity contribution in [2.75, 3.05) is 23.3 Å². The molecular weight excluding hydrogens is 389 g/mol. The monoisotopic (exact) mass is 410 g/mol. The number of morpholine rings is 1. The normalized spacial score (nSPS) is 19.6. The smallest absolute Gasteiger partial charge is 0.408 e. The summed E-state index contributed by atoms with van der Waals surface area (Å²) in [6.07, 6.45) is -5.45. The number of amides is 1. The number of benzene rings is 2.